The number of methoxy groups -OCH3 is 1. The maximum absolute atomic E-state index is 12.4. The van der Waals surface area contributed by atoms with E-state index >= 15 is 0 Å². The maximum atomic E-state index is 12.4. The van der Waals surface area contributed by atoms with E-state index in [1.165, 1.54) is 0 Å². The van der Waals surface area contributed by atoms with Gasteiger partial charge >= 0.3 is 6.03 Å². The second-order valence-electron chi connectivity index (χ2n) is 6.40. The molecule has 0 saturated heterocycles. The highest BCUT2D eigenvalue weighted by Crippen LogP contribution is 2.23. The summed E-state index contributed by atoms with van der Waals surface area (Å²) in [6, 6.07) is 21.5. The van der Waals surface area contributed by atoms with Crippen molar-refractivity contribution in [3.05, 3.63) is 88.9 Å². The van der Waals surface area contributed by atoms with Crippen molar-refractivity contribution in [1.29, 1.82) is 0 Å². The summed E-state index contributed by atoms with van der Waals surface area (Å²) in [6.45, 7) is 0.411. The average molecular weight is 409 g/mol. The lowest BCUT2D eigenvalue weighted by molar-refractivity contribution is 0.0964. The standard InChI is InChI=1S/C23H21ClN2O3/c1-29-21-10-8-16(9-11-21)12-13-25-23(28)26-22(27)19-6-2-4-17(14-19)18-5-3-7-20(24)15-18/h2-11,14-15H,12-13H2,1H3,(H2,25,26,27,28). The van der Waals surface area contributed by atoms with E-state index in [-0.39, 0.29) is 0 Å². The fraction of sp³-hybridized carbons (Fsp3) is 0.130. The molecule has 6 heteroatoms. The highest BCUT2D eigenvalue weighted by Gasteiger charge is 2.11. The Bertz CT molecular complexity index is 1000. The number of rotatable bonds is 6. The number of hydrogen-bond acceptors (Lipinski definition) is 3. The zero-order chi connectivity index (χ0) is 20.6. The van der Waals surface area contributed by atoms with Crippen molar-refractivity contribution in [1.82, 2.24) is 10.6 Å². The molecule has 0 aromatic heterocycles. The summed E-state index contributed by atoms with van der Waals surface area (Å²) in [5, 5.41) is 5.67. The second-order valence-corrected chi connectivity index (χ2v) is 6.84. The summed E-state index contributed by atoms with van der Waals surface area (Å²) in [4.78, 5) is 24.4. The third-order valence-electron chi connectivity index (χ3n) is 4.37. The van der Waals surface area contributed by atoms with Crippen LogP contribution < -0.4 is 15.4 Å². The second kappa shape index (κ2) is 9.75. The molecular formula is C23H21ClN2O3. The normalized spacial score (nSPS) is 10.3. The van der Waals surface area contributed by atoms with Gasteiger partial charge in [0.25, 0.3) is 5.91 Å². The molecule has 0 spiro atoms. The molecule has 0 saturated carbocycles. The highest BCUT2D eigenvalue weighted by molar-refractivity contribution is 6.30. The van der Waals surface area contributed by atoms with Crippen LogP contribution in [0.15, 0.2) is 72.8 Å². The predicted octanol–water partition coefficient (Wildman–Crippen LogP) is 4.70. The van der Waals surface area contributed by atoms with Crippen molar-refractivity contribution in [3.63, 3.8) is 0 Å². The molecule has 148 valence electrons. The van der Waals surface area contributed by atoms with E-state index in [2.05, 4.69) is 10.6 Å². The number of carbonyl (C=O) groups is 2. The van der Waals surface area contributed by atoms with E-state index in [0.29, 0.717) is 23.6 Å². The fourth-order valence-electron chi connectivity index (χ4n) is 2.84. The van der Waals surface area contributed by atoms with Crippen LogP contribution in [0.3, 0.4) is 0 Å². The van der Waals surface area contributed by atoms with E-state index in [0.717, 1.165) is 22.4 Å². The minimum atomic E-state index is -0.531. The quantitative estimate of drug-likeness (QED) is 0.621. The molecule has 3 aromatic rings. The van der Waals surface area contributed by atoms with E-state index in [1.807, 2.05) is 48.5 Å². The number of nitrogens with one attached hydrogen (secondary N) is 2. The number of benzene rings is 3. The summed E-state index contributed by atoms with van der Waals surface area (Å²) in [5.74, 6) is 0.320. The van der Waals surface area contributed by atoms with Gasteiger partial charge in [-0.05, 0) is 59.5 Å². The van der Waals surface area contributed by atoms with Crippen molar-refractivity contribution in [3.8, 4) is 16.9 Å². The third kappa shape index (κ3) is 5.83. The Hall–Kier alpha value is -3.31. The molecule has 3 rings (SSSR count). The summed E-state index contributed by atoms with van der Waals surface area (Å²) in [5.41, 5.74) is 3.20. The molecule has 3 amide bonds. The minimum absolute atomic E-state index is 0.396. The zero-order valence-electron chi connectivity index (χ0n) is 15.9. The lowest BCUT2D eigenvalue weighted by Gasteiger charge is -2.09. The van der Waals surface area contributed by atoms with Crippen LogP contribution in [-0.4, -0.2) is 25.6 Å². The minimum Gasteiger partial charge on any atom is -0.497 e. The smallest absolute Gasteiger partial charge is 0.321 e. The number of imide groups is 1. The first kappa shape index (κ1) is 20.4. The largest absolute Gasteiger partial charge is 0.497 e. The molecule has 0 bridgehead atoms. The Morgan fingerprint density at radius 1 is 0.931 bits per heavy atom. The van der Waals surface area contributed by atoms with Crippen molar-refractivity contribution in [2.75, 3.05) is 13.7 Å². The van der Waals surface area contributed by atoms with Crippen molar-refractivity contribution in [2.45, 2.75) is 6.42 Å². The molecule has 0 heterocycles. The monoisotopic (exact) mass is 408 g/mol. The van der Waals surface area contributed by atoms with Gasteiger partial charge < -0.3 is 10.1 Å². The van der Waals surface area contributed by atoms with Crippen LogP contribution in [0.5, 0.6) is 5.75 Å². The van der Waals surface area contributed by atoms with Crippen LogP contribution in [-0.2, 0) is 6.42 Å². The SMILES string of the molecule is COc1ccc(CCNC(=O)NC(=O)c2cccc(-c3cccc(Cl)c3)c2)cc1. The van der Waals surface area contributed by atoms with Gasteiger partial charge in [-0.15, -0.1) is 0 Å². The Morgan fingerprint density at radius 2 is 1.62 bits per heavy atom. The summed E-state index contributed by atoms with van der Waals surface area (Å²) in [7, 11) is 1.61. The molecule has 0 atom stereocenters. The Balaban J connectivity index is 1.54. The number of hydrogen-bond donors (Lipinski definition) is 2. The molecule has 0 unspecified atom stereocenters. The first-order chi connectivity index (χ1) is 14.0. The molecular weight excluding hydrogens is 388 g/mol. The van der Waals surface area contributed by atoms with Gasteiger partial charge in [0.2, 0.25) is 0 Å². The van der Waals surface area contributed by atoms with Gasteiger partial charge in [0.1, 0.15) is 5.75 Å². The van der Waals surface area contributed by atoms with Crippen molar-refractivity contribution >= 4 is 23.5 Å². The lowest BCUT2D eigenvalue weighted by atomic mass is 10.0. The predicted molar refractivity (Wildman–Crippen MR) is 114 cm³/mol. The average Bonchev–Trinajstić information content (AvgIpc) is 2.74. The Kier molecular flexibility index (Phi) is 6.87. The number of amides is 3. The third-order valence-corrected chi connectivity index (χ3v) is 4.60. The fourth-order valence-corrected chi connectivity index (χ4v) is 3.03. The van der Waals surface area contributed by atoms with Crippen LogP contribution in [0.1, 0.15) is 15.9 Å². The maximum Gasteiger partial charge on any atom is 0.321 e. The van der Waals surface area contributed by atoms with E-state index in [1.54, 1.807) is 31.4 Å². The zero-order valence-corrected chi connectivity index (χ0v) is 16.7. The molecule has 2 N–H and O–H groups in total. The first-order valence-electron chi connectivity index (χ1n) is 9.13. The number of carbonyl (C=O) groups excluding carboxylic acids is 2. The van der Waals surface area contributed by atoms with Gasteiger partial charge in [0.15, 0.2) is 0 Å². The molecule has 0 aliphatic heterocycles. The number of urea groups is 1. The molecule has 0 aliphatic rings. The van der Waals surface area contributed by atoms with Crippen molar-refractivity contribution in [2.24, 2.45) is 0 Å². The molecule has 0 fully saturated rings. The van der Waals surface area contributed by atoms with Gasteiger partial charge in [-0.25, -0.2) is 4.79 Å². The first-order valence-corrected chi connectivity index (χ1v) is 9.51. The number of ether oxygens (including phenoxy) is 1. The molecule has 3 aromatic carbocycles. The number of halogens is 1. The van der Waals surface area contributed by atoms with Crippen molar-refractivity contribution < 1.29 is 14.3 Å². The van der Waals surface area contributed by atoms with Gasteiger partial charge in [-0.3, -0.25) is 10.1 Å². The van der Waals surface area contributed by atoms with Crippen LogP contribution in [0.25, 0.3) is 11.1 Å². The van der Waals surface area contributed by atoms with Gasteiger partial charge in [0, 0.05) is 17.1 Å². The summed E-state index contributed by atoms with van der Waals surface area (Å²) in [6.07, 6.45) is 0.649. The van der Waals surface area contributed by atoms with Gasteiger partial charge in [-0.1, -0.05) is 48.0 Å². The highest BCUT2D eigenvalue weighted by atomic mass is 35.5. The van der Waals surface area contributed by atoms with E-state index in [9.17, 15) is 9.59 Å². The van der Waals surface area contributed by atoms with Gasteiger partial charge in [0.05, 0.1) is 7.11 Å². The summed E-state index contributed by atoms with van der Waals surface area (Å²) >= 11 is 6.04. The van der Waals surface area contributed by atoms with Crippen LogP contribution >= 0.6 is 11.6 Å². The van der Waals surface area contributed by atoms with Crippen LogP contribution in [0, 0.1) is 0 Å². The molecule has 0 aliphatic carbocycles. The lowest BCUT2D eigenvalue weighted by Crippen LogP contribution is -2.40. The molecule has 5 nitrogen and oxygen atoms in total. The van der Waals surface area contributed by atoms with E-state index < -0.39 is 11.9 Å². The summed E-state index contributed by atoms with van der Waals surface area (Å²) < 4.78 is 5.12. The van der Waals surface area contributed by atoms with Crippen LogP contribution in [0.2, 0.25) is 5.02 Å². The molecule has 0 radical (unpaired) electrons. The Morgan fingerprint density at radius 3 is 2.31 bits per heavy atom. The topological polar surface area (TPSA) is 67.4 Å². The van der Waals surface area contributed by atoms with Crippen LogP contribution in [0.4, 0.5) is 4.79 Å². The Labute approximate surface area is 174 Å². The van der Waals surface area contributed by atoms with E-state index in [4.69, 9.17) is 16.3 Å². The van der Waals surface area contributed by atoms with Gasteiger partial charge in [-0.2, -0.15) is 0 Å². The molecule has 29 heavy (non-hydrogen) atoms.